The minimum absolute atomic E-state index is 0.127. The highest BCUT2D eigenvalue weighted by Crippen LogP contribution is 2.17. The molecule has 2 aromatic heterocycles. The Morgan fingerprint density at radius 3 is 2.85 bits per heavy atom. The van der Waals surface area contributed by atoms with Crippen LogP contribution in [-0.2, 0) is 11.3 Å². The monoisotopic (exact) mass is 384 g/mol. The Hall–Kier alpha value is -3.00. The average molecular weight is 384 g/mol. The highest BCUT2D eigenvalue weighted by Gasteiger charge is 2.11. The standard InChI is InChI=1S/C19H20N4O3S/c1-3-20-17(25)13-5-4-12(2)15(10-13)22-16(24)6-8-23-11-21-18-14(19(23)26)7-9-27-18/h4-5,7,9-11H,3,6,8H2,1-2H3,(H,20,25)(H,22,24). The Balaban J connectivity index is 1.68. The lowest BCUT2D eigenvalue weighted by Gasteiger charge is -2.11. The fourth-order valence-electron chi connectivity index (χ4n) is 2.65. The summed E-state index contributed by atoms with van der Waals surface area (Å²) in [4.78, 5) is 41.6. The van der Waals surface area contributed by atoms with Crippen molar-refractivity contribution in [2.75, 3.05) is 11.9 Å². The van der Waals surface area contributed by atoms with Gasteiger partial charge in [0.2, 0.25) is 5.91 Å². The van der Waals surface area contributed by atoms with Crippen LogP contribution in [0.4, 0.5) is 5.69 Å². The molecule has 0 aliphatic heterocycles. The van der Waals surface area contributed by atoms with Gasteiger partial charge in [0.1, 0.15) is 4.83 Å². The molecule has 0 fully saturated rings. The number of carbonyl (C=O) groups is 2. The molecule has 3 rings (SSSR count). The van der Waals surface area contributed by atoms with Crippen molar-refractivity contribution in [3.05, 3.63) is 57.5 Å². The van der Waals surface area contributed by atoms with Gasteiger partial charge in [0, 0.05) is 30.8 Å². The first kappa shape index (κ1) is 18.8. The second-order valence-electron chi connectivity index (χ2n) is 6.07. The van der Waals surface area contributed by atoms with Gasteiger partial charge in [0.15, 0.2) is 0 Å². The largest absolute Gasteiger partial charge is 0.352 e. The second-order valence-corrected chi connectivity index (χ2v) is 6.96. The van der Waals surface area contributed by atoms with Crippen molar-refractivity contribution in [3.63, 3.8) is 0 Å². The number of carbonyl (C=O) groups excluding carboxylic acids is 2. The quantitative estimate of drug-likeness (QED) is 0.683. The van der Waals surface area contributed by atoms with Gasteiger partial charge in [-0.25, -0.2) is 4.98 Å². The van der Waals surface area contributed by atoms with Crippen molar-refractivity contribution in [3.8, 4) is 0 Å². The molecule has 3 aromatic rings. The molecular weight excluding hydrogens is 364 g/mol. The van der Waals surface area contributed by atoms with Crippen LogP contribution < -0.4 is 16.2 Å². The van der Waals surface area contributed by atoms with E-state index in [0.29, 0.717) is 28.0 Å². The topological polar surface area (TPSA) is 93.1 Å². The summed E-state index contributed by atoms with van der Waals surface area (Å²) in [5.74, 6) is -0.418. The van der Waals surface area contributed by atoms with E-state index in [2.05, 4.69) is 15.6 Å². The predicted molar refractivity (Wildman–Crippen MR) is 106 cm³/mol. The highest BCUT2D eigenvalue weighted by atomic mass is 32.1. The molecule has 0 radical (unpaired) electrons. The van der Waals surface area contributed by atoms with E-state index in [4.69, 9.17) is 0 Å². The Morgan fingerprint density at radius 2 is 2.07 bits per heavy atom. The first-order valence-corrected chi connectivity index (χ1v) is 9.49. The maximum Gasteiger partial charge on any atom is 0.262 e. The molecule has 0 bridgehead atoms. The van der Waals surface area contributed by atoms with Gasteiger partial charge in [-0.05, 0) is 43.0 Å². The zero-order valence-electron chi connectivity index (χ0n) is 15.1. The number of hydrogen-bond acceptors (Lipinski definition) is 5. The molecular formula is C19H20N4O3S. The van der Waals surface area contributed by atoms with Crippen LogP contribution in [-0.4, -0.2) is 27.9 Å². The summed E-state index contributed by atoms with van der Waals surface area (Å²) >= 11 is 1.41. The molecule has 0 unspecified atom stereocenters. The third-order valence-corrected chi connectivity index (χ3v) is 4.96. The van der Waals surface area contributed by atoms with Crippen LogP contribution in [0.2, 0.25) is 0 Å². The molecule has 0 saturated heterocycles. The fourth-order valence-corrected chi connectivity index (χ4v) is 3.37. The molecule has 140 valence electrons. The lowest BCUT2D eigenvalue weighted by molar-refractivity contribution is -0.116. The number of nitrogens with one attached hydrogen (secondary N) is 2. The zero-order chi connectivity index (χ0) is 19.4. The molecule has 2 N–H and O–H groups in total. The van der Waals surface area contributed by atoms with Gasteiger partial charge >= 0.3 is 0 Å². The molecule has 0 atom stereocenters. The average Bonchev–Trinajstić information content (AvgIpc) is 3.13. The van der Waals surface area contributed by atoms with Crippen molar-refractivity contribution >= 4 is 39.1 Å². The predicted octanol–water partition coefficient (Wildman–Crippen LogP) is 2.54. The van der Waals surface area contributed by atoms with Gasteiger partial charge in [-0.1, -0.05) is 6.07 Å². The molecule has 7 nitrogen and oxygen atoms in total. The molecule has 8 heteroatoms. The normalized spacial score (nSPS) is 10.7. The van der Waals surface area contributed by atoms with Crippen LogP contribution in [0, 0.1) is 6.92 Å². The molecule has 2 heterocycles. The Morgan fingerprint density at radius 1 is 1.26 bits per heavy atom. The van der Waals surface area contributed by atoms with Crippen LogP contribution in [0.5, 0.6) is 0 Å². The Labute approximate surface area is 160 Å². The SMILES string of the molecule is CCNC(=O)c1ccc(C)c(NC(=O)CCn2cnc3sccc3c2=O)c1. The zero-order valence-corrected chi connectivity index (χ0v) is 15.9. The van der Waals surface area contributed by atoms with Crippen molar-refractivity contribution in [2.24, 2.45) is 0 Å². The Kier molecular flexibility index (Phi) is 5.66. The van der Waals surface area contributed by atoms with E-state index < -0.39 is 0 Å². The van der Waals surface area contributed by atoms with Crippen molar-refractivity contribution < 1.29 is 9.59 Å². The second kappa shape index (κ2) is 8.13. The number of benzene rings is 1. The first-order chi connectivity index (χ1) is 13.0. The summed E-state index contributed by atoms with van der Waals surface area (Å²) in [6.45, 7) is 4.47. The van der Waals surface area contributed by atoms with E-state index in [9.17, 15) is 14.4 Å². The number of aryl methyl sites for hydroxylation is 2. The smallest absolute Gasteiger partial charge is 0.262 e. The highest BCUT2D eigenvalue weighted by molar-refractivity contribution is 7.16. The van der Waals surface area contributed by atoms with E-state index in [-0.39, 0.29) is 30.3 Å². The summed E-state index contributed by atoms with van der Waals surface area (Å²) in [6, 6.07) is 6.90. The lowest BCUT2D eigenvalue weighted by Crippen LogP contribution is -2.24. The molecule has 1 aromatic carbocycles. The van der Waals surface area contributed by atoms with Crippen molar-refractivity contribution in [1.82, 2.24) is 14.9 Å². The third kappa shape index (κ3) is 4.22. The molecule has 0 aliphatic rings. The van der Waals surface area contributed by atoms with Gasteiger partial charge in [-0.2, -0.15) is 0 Å². The number of thiophene rings is 1. The third-order valence-electron chi connectivity index (χ3n) is 4.14. The van der Waals surface area contributed by atoms with E-state index in [0.717, 1.165) is 5.56 Å². The molecule has 0 saturated carbocycles. The first-order valence-electron chi connectivity index (χ1n) is 8.61. The van der Waals surface area contributed by atoms with Crippen LogP contribution in [0.1, 0.15) is 29.3 Å². The Bertz CT molecular complexity index is 1050. The number of amides is 2. The minimum Gasteiger partial charge on any atom is -0.352 e. The van der Waals surface area contributed by atoms with E-state index in [1.165, 1.54) is 22.2 Å². The molecule has 27 heavy (non-hydrogen) atoms. The lowest BCUT2D eigenvalue weighted by atomic mass is 10.1. The van der Waals surface area contributed by atoms with Crippen LogP contribution in [0.3, 0.4) is 0 Å². The maximum absolute atomic E-state index is 12.3. The number of rotatable bonds is 6. The van der Waals surface area contributed by atoms with Gasteiger partial charge in [-0.3, -0.25) is 19.0 Å². The number of hydrogen-bond donors (Lipinski definition) is 2. The van der Waals surface area contributed by atoms with Gasteiger partial charge < -0.3 is 10.6 Å². The van der Waals surface area contributed by atoms with Gasteiger partial charge in [-0.15, -0.1) is 11.3 Å². The summed E-state index contributed by atoms with van der Waals surface area (Å²) in [5.41, 5.74) is 1.78. The molecule has 2 amide bonds. The van der Waals surface area contributed by atoms with Crippen molar-refractivity contribution in [1.29, 1.82) is 0 Å². The summed E-state index contributed by atoms with van der Waals surface area (Å²) in [6.07, 6.45) is 1.59. The number of aromatic nitrogens is 2. The van der Waals surface area contributed by atoms with E-state index in [1.807, 2.05) is 19.2 Å². The maximum atomic E-state index is 12.3. The van der Waals surface area contributed by atoms with Crippen LogP contribution in [0.15, 0.2) is 40.8 Å². The summed E-state index contributed by atoms with van der Waals surface area (Å²) in [7, 11) is 0. The van der Waals surface area contributed by atoms with Gasteiger partial charge in [0.25, 0.3) is 11.5 Å². The van der Waals surface area contributed by atoms with Crippen LogP contribution >= 0.6 is 11.3 Å². The fraction of sp³-hybridized carbons (Fsp3) is 0.263. The number of fused-ring (bicyclic) bond motifs is 1. The molecule has 0 aliphatic carbocycles. The molecule has 0 spiro atoms. The summed E-state index contributed by atoms with van der Waals surface area (Å²) in [5, 5.41) is 7.93. The summed E-state index contributed by atoms with van der Waals surface area (Å²) < 4.78 is 1.44. The van der Waals surface area contributed by atoms with E-state index >= 15 is 0 Å². The van der Waals surface area contributed by atoms with Crippen molar-refractivity contribution in [2.45, 2.75) is 26.8 Å². The van der Waals surface area contributed by atoms with E-state index in [1.54, 1.807) is 24.3 Å². The number of anilines is 1. The number of nitrogens with zero attached hydrogens (tertiary/aromatic N) is 2. The van der Waals surface area contributed by atoms with Gasteiger partial charge in [0.05, 0.1) is 11.7 Å². The minimum atomic E-state index is -0.233. The van der Waals surface area contributed by atoms with Crippen LogP contribution in [0.25, 0.3) is 10.2 Å².